The Morgan fingerprint density at radius 2 is 2.38 bits per heavy atom. The monoisotopic (exact) mass is 257 g/mol. The predicted octanol–water partition coefficient (Wildman–Crippen LogP) is 1.61. The minimum atomic E-state index is -1.17. The number of aliphatic carboxylic acids is 1. The Hall–Kier alpha value is -1.51. The van der Waals surface area contributed by atoms with E-state index in [-0.39, 0.29) is 11.3 Å². The van der Waals surface area contributed by atoms with Gasteiger partial charge in [-0.15, -0.1) is 23.7 Å². The van der Waals surface area contributed by atoms with Crippen LogP contribution in [0.5, 0.6) is 0 Å². The first-order chi connectivity index (χ1) is 7.56. The van der Waals surface area contributed by atoms with E-state index in [1.165, 1.54) is 0 Å². The van der Waals surface area contributed by atoms with E-state index in [9.17, 15) is 9.59 Å². The molecule has 6 heteroatoms. The van der Waals surface area contributed by atoms with Gasteiger partial charge in [0.2, 0.25) is 0 Å². The highest BCUT2D eigenvalue weighted by molar-refractivity contribution is 7.12. The number of terminal acetylenes is 1. The number of thiophene rings is 1. The molecular weight excluding hydrogens is 250 g/mol. The third-order valence-electron chi connectivity index (χ3n) is 1.75. The van der Waals surface area contributed by atoms with E-state index in [0.29, 0.717) is 5.02 Å². The SMILES string of the molecule is C#CCC(NC(=O)c1sccc1Cl)C(=O)O. The predicted molar refractivity (Wildman–Crippen MR) is 61.7 cm³/mol. The fourth-order valence-corrected chi connectivity index (χ4v) is 2.04. The molecule has 84 valence electrons. The van der Waals surface area contributed by atoms with Crippen LogP contribution in [0.2, 0.25) is 5.02 Å². The molecule has 2 N–H and O–H groups in total. The zero-order valence-electron chi connectivity index (χ0n) is 8.07. The van der Waals surface area contributed by atoms with Crippen LogP contribution < -0.4 is 5.32 Å². The van der Waals surface area contributed by atoms with Crippen LogP contribution in [0.1, 0.15) is 16.1 Å². The fraction of sp³-hybridized carbons (Fsp3) is 0.200. The molecule has 1 aromatic heterocycles. The summed E-state index contributed by atoms with van der Waals surface area (Å²) in [6.07, 6.45) is 4.94. The summed E-state index contributed by atoms with van der Waals surface area (Å²) in [5.74, 6) is 0.496. The quantitative estimate of drug-likeness (QED) is 0.806. The van der Waals surface area contributed by atoms with Crippen molar-refractivity contribution in [2.45, 2.75) is 12.5 Å². The summed E-state index contributed by atoms with van der Waals surface area (Å²) < 4.78 is 0. The molecular formula is C10H8ClNO3S. The van der Waals surface area contributed by atoms with Gasteiger partial charge < -0.3 is 10.4 Å². The summed E-state index contributed by atoms with van der Waals surface area (Å²) in [5.41, 5.74) is 0. The number of rotatable bonds is 4. The number of carbonyl (C=O) groups is 2. The second-order valence-corrected chi connectivity index (χ2v) is 4.19. The molecule has 16 heavy (non-hydrogen) atoms. The Bertz CT molecular complexity index is 449. The molecule has 1 rings (SSSR count). The summed E-state index contributed by atoms with van der Waals surface area (Å²) in [7, 11) is 0. The average molecular weight is 258 g/mol. The van der Waals surface area contributed by atoms with Crippen molar-refractivity contribution in [2.75, 3.05) is 0 Å². The molecule has 0 spiro atoms. The molecule has 1 unspecified atom stereocenters. The maximum Gasteiger partial charge on any atom is 0.327 e. The van der Waals surface area contributed by atoms with Crippen molar-refractivity contribution < 1.29 is 14.7 Å². The van der Waals surface area contributed by atoms with Crippen LogP contribution in [0, 0.1) is 12.3 Å². The molecule has 0 fully saturated rings. The van der Waals surface area contributed by atoms with Crippen LogP contribution in [-0.2, 0) is 4.79 Å². The lowest BCUT2D eigenvalue weighted by molar-refractivity contribution is -0.139. The average Bonchev–Trinajstić information content (AvgIpc) is 2.63. The minimum absolute atomic E-state index is 0.0654. The summed E-state index contributed by atoms with van der Waals surface area (Å²) in [4.78, 5) is 22.6. The normalized spacial score (nSPS) is 11.5. The van der Waals surface area contributed by atoms with Crippen LogP contribution >= 0.6 is 22.9 Å². The van der Waals surface area contributed by atoms with E-state index in [0.717, 1.165) is 11.3 Å². The molecule has 0 radical (unpaired) electrons. The van der Waals surface area contributed by atoms with Gasteiger partial charge >= 0.3 is 5.97 Å². The van der Waals surface area contributed by atoms with Gasteiger partial charge in [0, 0.05) is 6.42 Å². The first-order valence-corrected chi connectivity index (χ1v) is 5.52. The molecule has 1 heterocycles. The molecule has 1 atom stereocenters. The van der Waals surface area contributed by atoms with Gasteiger partial charge in [0.1, 0.15) is 10.9 Å². The third-order valence-corrected chi connectivity index (χ3v) is 3.09. The van der Waals surface area contributed by atoms with Crippen molar-refractivity contribution in [1.29, 1.82) is 0 Å². The number of carboxylic acids is 1. The van der Waals surface area contributed by atoms with Crippen molar-refractivity contribution in [2.24, 2.45) is 0 Å². The number of carbonyl (C=O) groups excluding carboxylic acids is 1. The lowest BCUT2D eigenvalue weighted by Crippen LogP contribution is -2.40. The second-order valence-electron chi connectivity index (χ2n) is 2.87. The maximum absolute atomic E-state index is 11.6. The van der Waals surface area contributed by atoms with E-state index in [1.54, 1.807) is 11.4 Å². The van der Waals surface area contributed by atoms with Crippen LogP contribution in [0.3, 0.4) is 0 Å². The van der Waals surface area contributed by atoms with Crippen molar-refractivity contribution >= 4 is 34.8 Å². The van der Waals surface area contributed by atoms with Crippen molar-refractivity contribution in [1.82, 2.24) is 5.32 Å². The standard InChI is InChI=1S/C10H8ClNO3S/c1-2-3-7(10(14)15)12-9(13)8-6(11)4-5-16-8/h1,4-5,7H,3H2,(H,12,13)(H,14,15). The highest BCUT2D eigenvalue weighted by Crippen LogP contribution is 2.21. The topological polar surface area (TPSA) is 66.4 Å². The Morgan fingerprint density at radius 3 is 2.81 bits per heavy atom. The Balaban J connectivity index is 2.74. The summed E-state index contributed by atoms with van der Waals surface area (Å²) in [5, 5.41) is 13.0. The van der Waals surface area contributed by atoms with Gasteiger partial charge in [-0.3, -0.25) is 4.79 Å². The lowest BCUT2D eigenvalue weighted by atomic mass is 10.2. The number of carboxylic acid groups (broad SMARTS) is 1. The molecule has 1 amide bonds. The van der Waals surface area contributed by atoms with E-state index < -0.39 is 17.9 Å². The molecule has 0 bridgehead atoms. The number of hydrogen-bond donors (Lipinski definition) is 2. The first kappa shape index (κ1) is 12.6. The highest BCUT2D eigenvalue weighted by Gasteiger charge is 2.21. The van der Waals surface area contributed by atoms with Gasteiger partial charge in [-0.05, 0) is 11.4 Å². The Morgan fingerprint density at radius 1 is 1.69 bits per heavy atom. The minimum Gasteiger partial charge on any atom is -0.480 e. The number of hydrogen-bond acceptors (Lipinski definition) is 3. The number of nitrogens with one attached hydrogen (secondary N) is 1. The molecule has 0 aliphatic carbocycles. The molecule has 0 saturated heterocycles. The maximum atomic E-state index is 11.6. The van der Waals surface area contributed by atoms with Crippen LogP contribution in [0.25, 0.3) is 0 Å². The van der Waals surface area contributed by atoms with Crippen molar-refractivity contribution in [3.63, 3.8) is 0 Å². The summed E-state index contributed by atoms with van der Waals surface area (Å²) >= 11 is 6.88. The summed E-state index contributed by atoms with van der Waals surface area (Å²) in [6.45, 7) is 0. The third kappa shape index (κ3) is 2.99. The number of halogens is 1. The first-order valence-electron chi connectivity index (χ1n) is 4.26. The molecule has 0 saturated carbocycles. The molecule has 0 aliphatic rings. The lowest BCUT2D eigenvalue weighted by Gasteiger charge is -2.10. The fourth-order valence-electron chi connectivity index (χ4n) is 0.997. The molecule has 0 aliphatic heterocycles. The van der Waals surface area contributed by atoms with E-state index in [4.69, 9.17) is 23.1 Å². The highest BCUT2D eigenvalue weighted by atomic mass is 35.5. The molecule has 4 nitrogen and oxygen atoms in total. The van der Waals surface area contributed by atoms with Gasteiger partial charge in [-0.2, -0.15) is 0 Å². The van der Waals surface area contributed by atoms with Gasteiger partial charge in [0.15, 0.2) is 0 Å². The van der Waals surface area contributed by atoms with Crippen LogP contribution in [-0.4, -0.2) is 23.0 Å². The van der Waals surface area contributed by atoms with Crippen molar-refractivity contribution in [3.8, 4) is 12.3 Å². The number of amides is 1. The van der Waals surface area contributed by atoms with Crippen molar-refractivity contribution in [3.05, 3.63) is 21.3 Å². The smallest absolute Gasteiger partial charge is 0.327 e. The van der Waals surface area contributed by atoms with Crippen LogP contribution in [0.4, 0.5) is 0 Å². The Kier molecular flexibility index (Phi) is 4.35. The second kappa shape index (κ2) is 5.54. The molecule has 1 aromatic rings. The van der Waals surface area contributed by atoms with E-state index in [1.807, 2.05) is 0 Å². The van der Waals surface area contributed by atoms with Crippen LogP contribution in [0.15, 0.2) is 11.4 Å². The largest absolute Gasteiger partial charge is 0.480 e. The van der Waals surface area contributed by atoms with Gasteiger partial charge in [-0.25, -0.2) is 4.79 Å². The van der Waals surface area contributed by atoms with Gasteiger partial charge in [-0.1, -0.05) is 11.6 Å². The Labute approximate surface area is 101 Å². The van der Waals surface area contributed by atoms with E-state index in [2.05, 4.69) is 11.2 Å². The zero-order valence-corrected chi connectivity index (χ0v) is 9.64. The summed E-state index contributed by atoms with van der Waals surface area (Å²) in [6, 6.07) is 0.480. The molecule has 0 aromatic carbocycles. The van der Waals surface area contributed by atoms with Gasteiger partial charge in [0.05, 0.1) is 5.02 Å². The van der Waals surface area contributed by atoms with Gasteiger partial charge in [0.25, 0.3) is 5.91 Å². The zero-order chi connectivity index (χ0) is 12.1. The van der Waals surface area contributed by atoms with E-state index >= 15 is 0 Å².